The molecule has 5 aliphatic rings. The van der Waals surface area contributed by atoms with Gasteiger partial charge >= 0.3 is 12.1 Å². The molecular weight excluding hydrogens is 1160 g/mol. The number of likely N-dealkylation sites (tertiary alicyclic amines) is 1. The van der Waals surface area contributed by atoms with Crippen LogP contribution in [0.15, 0.2) is 60.3 Å². The number of nitrogens with zero attached hydrogens (tertiary/aromatic N) is 4. The minimum absolute atomic E-state index is 0.0241. The number of hydrogen-bond acceptors (Lipinski definition) is 17. The first-order valence-corrected chi connectivity index (χ1v) is 30.8. The summed E-state index contributed by atoms with van der Waals surface area (Å²) < 4.78 is 37.4. The van der Waals surface area contributed by atoms with Crippen LogP contribution in [0.5, 0.6) is 5.75 Å². The van der Waals surface area contributed by atoms with Crippen LogP contribution in [0.3, 0.4) is 0 Å². The van der Waals surface area contributed by atoms with Gasteiger partial charge < -0.3 is 58.9 Å². The number of halogens is 1. The lowest BCUT2D eigenvalue weighted by Crippen LogP contribution is -2.63. The Bertz CT molecular complexity index is 3240. The van der Waals surface area contributed by atoms with Gasteiger partial charge in [-0.1, -0.05) is 56.2 Å². The summed E-state index contributed by atoms with van der Waals surface area (Å²) in [4.78, 5) is 111. The number of alkyl carbamates (subject to hydrolysis) is 1. The van der Waals surface area contributed by atoms with Crippen molar-refractivity contribution < 1.29 is 71.9 Å². The number of ketones is 1. The fraction of sp³-hybridized carbons (Fsp3) is 0.556. The number of Topliss-reactive ketones (excluding diaryl/α,β-unsaturated/α-hetero) is 1. The Balaban J connectivity index is 0.826. The van der Waals surface area contributed by atoms with Gasteiger partial charge in [-0.05, 0) is 100 Å². The second kappa shape index (κ2) is 27.3. The third-order valence-electron chi connectivity index (χ3n) is 17.2. The summed E-state index contributed by atoms with van der Waals surface area (Å²) in [5, 5.41) is 17.2. The first-order valence-electron chi connectivity index (χ1n) is 29.4. The van der Waals surface area contributed by atoms with E-state index in [9.17, 15) is 43.5 Å². The van der Waals surface area contributed by atoms with Gasteiger partial charge in [0.25, 0.3) is 5.91 Å². The molecule has 6 amide bonds. The van der Waals surface area contributed by atoms with E-state index in [0.29, 0.717) is 61.5 Å². The number of fused-ring (bicyclic) bond motifs is 6. The van der Waals surface area contributed by atoms with Crippen molar-refractivity contribution in [1.82, 2.24) is 19.7 Å². The average Bonchev–Trinajstić information content (AvgIpc) is 3.65. The van der Waals surface area contributed by atoms with E-state index in [1.165, 1.54) is 54.7 Å². The van der Waals surface area contributed by atoms with Crippen molar-refractivity contribution in [2.75, 3.05) is 70.6 Å². The summed E-state index contributed by atoms with van der Waals surface area (Å²) >= 11 is 8.03. The summed E-state index contributed by atoms with van der Waals surface area (Å²) in [6.07, 6.45) is 4.39. The maximum atomic E-state index is 14.4. The molecule has 9 atom stereocenters. The SMILES string of the molecule is COc1cc2cc(c1Cl)N(C)C(=O)C[C@H](OC(=O)[C@H](C)N(C)C(=O)CCSC1CC(=O)N(CCCOCCCNc3cc(-n4cc(C)c5c4CC(C)(C)CC5=O)ccc3C(N)=O)C1=O)[C@]1(C)O[C@H]1[C@H](C)[C@@H]1C[C@@](O)(NC(=O)O1)[C@H](OC)/C=C/C=C(\C)C2. The number of epoxide rings is 1. The number of imide groups is 1. The highest BCUT2D eigenvalue weighted by atomic mass is 35.5. The fourth-order valence-corrected chi connectivity index (χ4v) is 13.5. The van der Waals surface area contributed by atoms with Crippen LogP contribution in [0, 0.1) is 18.3 Å². The number of rotatable bonds is 20. The van der Waals surface area contributed by atoms with Gasteiger partial charge in [-0.15, -0.1) is 11.8 Å². The number of thioether (sulfide) groups is 1. The smallest absolute Gasteiger partial charge is 0.409 e. The van der Waals surface area contributed by atoms with Gasteiger partial charge in [0.1, 0.15) is 40.7 Å². The molecule has 24 heteroatoms. The molecule has 5 heterocycles. The number of carbonyl (C=O) groups is 8. The van der Waals surface area contributed by atoms with Gasteiger partial charge in [0.15, 0.2) is 11.5 Å². The van der Waals surface area contributed by atoms with Crippen molar-refractivity contribution in [2.45, 2.75) is 153 Å². The molecule has 1 aliphatic carbocycles. The number of ether oxygens (including phenoxy) is 6. The number of benzene rings is 2. The van der Waals surface area contributed by atoms with E-state index in [-0.39, 0.29) is 66.2 Å². The second-order valence-electron chi connectivity index (χ2n) is 24.4. The molecule has 4 bridgehead atoms. The Hall–Kier alpha value is -6.76. The van der Waals surface area contributed by atoms with E-state index in [1.54, 1.807) is 51.2 Å². The number of esters is 1. The van der Waals surface area contributed by atoms with Crippen molar-refractivity contribution >= 4 is 82.1 Å². The minimum Gasteiger partial charge on any atom is -0.495 e. The molecule has 3 fully saturated rings. The maximum absolute atomic E-state index is 14.4. The van der Waals surface area contributed by atoms with Crippen LogP contribution >= 0.6 is 23.4 Å². The highest BCUT2D eigenvalue weighted by Gasteiger charge is 2.64. The molecule has 8 rings (SSSR count). The molecule has 87 heavy (non-hydrogen) atoms. The lowest BCUT2D eigenvalue weighted by molar-refractivity contribution is -0.162. The molecule has 0 saturated carbocycles. The number of aryl methyl sites for hydroxylation is 1. The molecule has 1 unspecified atom stereocenters. The largest absolute Gasteiger partial charge is 0.495 e. The number of hydrogen-bond donors (Lipinski definition) is 4. The minimum atomic E-state index is -1.89. The van der Waals surface area contributed by atoms with E-state index in [2.05, 4.69) is 24.5 Å². The van der Waals surface area contributed by atoms with Crippen LogP contribution in [0.25, 0.3) is 5.69 Å². The summed E-state index contributed by atoms with van der Waals surface area (Å²) in [5.41, 5.74) is 8.67. The topological polar surface area (TPSA) is 280 Å². The number of anilines is 2. The zero-order chi connectivity index (χ0) is 63.4. The van der Waals surface area contributed by atoms with Crippen LogP contribution in [0.1, 0.15) is 124 Å². The molecule has 22 nitrogen and oxygen atoms in total. The summed E-state index contributed by atoms with van der Waals surface area (Å²) in [5.74, 6) is -2.98. The average molecular weight is 1240 g/mol. The molecule has 472 valence electrons. The third-order valence-corrected chi connectivity index (χ3v) is 18.8. The Morgan fingerprint density at radius 1 is 1.02 bits per heavy atom. The molecular formula is C63H82ClN7O15S. The molecule has 2 aromatic carbocycles. The number of amides is 6. The Morgan fingerprint density at radius 2 is 1.76 bits per heavy atom. The quantitative estimate of drug-likeness (QED) is 0.0382. The fourth-order valence-electron chi connectivity index (χ4n) is 12.1. The standard InChI is InChI=1S/C63H82ClN7O15S/c1-35-15-12-16-49(82-11)63(80)33-47(84-60(79)67-63)37(3)56-62(7,86-56)50(30-52(74)69(9)43-26-39(25-35)27-46(81-10)55(43)64)85-59(78)38(4)68(8)51(73)19-24-87-48-29-53(75)70(58(48)77)21-14-23-83-22-13-20-66-42-28-40(17-18-41(42)57(65)76)71-34-36(2)54-44(71)31-61(5,6)32-45(54)72/h12,15-18,26-28,34,37-38,47-50,56,66,80H,13-14,19-25,29-33H2,1-11H3,(H2,65,76)(H,67,79)/b16-12+,35-15+/t37-,38+,47+,48?,49-,50+,56+,62+,63+/m1/s1. The lowest BCUT2D eigenvalue weighted by Gasteiger charge is -2.42. The first-order chi connectivity index (χ1) is 41.1. The van der Waals surface area contributed by atoms with Gasteiger partial charge in [0, 0.05) is 114 Å². The molecule has 0 radical (unpaired) electrons. The first kappa shape index (κ1) is 66.2. The van der Waals surface area contributed by atoms with Gasteiger partial charge in [-0.2, -0.15) is 0 Å². The van der Waals surface area contributed by atoms with Gasteiger partial charge in [-0.25, -0.2) is 9.59 Å². The van der Waals surface area contributed by atoms with Crippen molar-refractivity contribution in [3.05, 3.63) is 93.3 Å². The van der Waals surface area contributed by atoms with Crippen molar-refractivity contribution in [3.63, 3.8) is 0 Å². The summed E-state index contributed by atoms with van der Waals surface area (Å²) in [6.45, 7) is 14.2. The summed E-state index contributed by atoms with van der Waals surface area (Å²) in [6, 6.07) is 7.75. The summed E-state index contributed by atoms with van der Waals surface area (Å²) in [7, 11) is 5.87. The normalized spacial score (nSPS) is 26.8. The zero-order valence-electron chi connectivity index (χ0n) is 51.5. The van der Waals surface area contributed by atoms with Gasteiger partial charge in [0.05, 0.1) is 36.1 Å². The third kappa shape index (κ3) is 14.9. The number of aromatic nitrogens is 1. The van der Waals surface area contributed by atoms with E-state index < -0.39 is 89.2 Å². The van der Waals surface area contributed by atoms with Crippen LogP contribution < -0.4 is 26.0 Å². The van der Waals surface area contributed by atoms with Crippen LogP contribution in [-0.4, -0.2) is 174 Å². The van der Waals surface area contributed by atoms with Crippen molar-refractivity contribution in [2.24, 2.45) is 17.1 Å². The monoisotopic (exact) mass is 1240 g/mol. The Labute approximate surface area is 517 Å². The highest BCUT2D eigenvalue weighted by molar-refractivity contribution is 8.00. The lowest BCUT2D eigenvalue weighted by atomic mass is 9.75. The number of primary amides is 1. The molecule has 5 N–H and O–H groups in total. The molecule has 1 aromatic heterocycles. The van der Waals surface area contributed by atoms with E-state index in [4.69, 9.17) is 45.8 Å². The highest BCUT2D eigenvalue weighted by Crippen LogP contribution is 2.49. The molecule has 3 aromatic rings. The predicted octanol–water partition coefficient (Wildman–Crippen LogP) is 7.03. The number of carbonyl (C=O) groups excluding carboxylic acids is 8. The Morgan fingerprint density at radius 3 is 2.47 bits per heavy atom. The van der Waals surface area contributed by atoms with E-state index >= 15 is 0 Å². The van der Waals surface area contributed by atoms with Crippen molar-refractivity contribution in [3.8, 4) is 11.4 Å². The number of methoxy groups -OCH3 is 2. The predicted molar refractivity (Wildman–Crippen MR) is 327 cm³/mol. The second-order valence-corrected chi connectivity index (χ2v) is 26.1. The van der Waals surface area contributed by atoms with Gasteiger partial charge in [0.2, 0.25) is 23.6 Å². The maximum Gasteiger partial charge on any atom is 0.409 e. The Kier molecular flexibility index (Phi) is 20.8. The number of likely N-dealkylation sites (N-methyl/N-ethyl adjacent to an activating group) is 1. The number of allylic oxidation sites excluding steroid dienone is 3. The van der Waals surface area contributed by atoms with Crippen LogP contribution in [-0.2, 0) is 60.5 Å². The van der Waals surface area contributed by atoms with E-state index in [1.807, 2.05) is 42.8 Å². The number of aliphatic hydroxyl groups is 1. The molecule has 4 aliphatic heterocycles. The van der Waals surface area contributed by atoms with Crippen LogP contribution in [0.2, 0.25) is 5.02 Å². The molecule has 3 saturated heterocycles. The van der Waals surface area contributed by atoms with Crippen LogP contribution in [0.4, 0.5) is 16.2 Å². The van der Waals surface area contributed by atoms with Gasteiger partial charge in [-0.3, -0.25) is 39.0 Å². The number of nitrogens with two attached hydrogens (primary N) is 1. The van der Waals surface area contributed by atoms with E-state index in [0.717, 1.165) is 40.1 Å². The molecule has 0 spiro atoms. The van der Waals surface area contributed by atoms with Crippen molar-refractivity contribution in [1.29, 1.82) is 0 Å². The number of nitrogens with one attached hydrogen (secondary N) is 2. The zero-order valence-corrected chi connectivity index (χ0v) is 53.0.